The summed E-state index contributed by atoms with van der Waals surface area (Å²) in [6.45, 7) is 21.6. The Bertz CT molecular complexity index is 784. The van der Waals surface area contributed by atoms with E-state index in [9.17, 15) is 4.79 Å². The zero-order chi connectivity index (χ0) is 27.2. The number of carbonyl (C=O) groups excluding carboxylic acids is 1. The summed E-state index contributed by atoms with van der Waals surface area (Å²) < 4.78 is 24.1. The summed E-state index contributed by atoms with van der Waals surface area (Å²) >= 11 is 1.79. The molecule has 3 aliphatic carbocycles. The molecule has 210 valence electrons. The van der Waals surface area contributed by atoms with Crippen molar-refractivity contribution in [3.05, 3.63) is 0 Å². The molecule has 0 aromatic carbocycles. The van der Waals surface area contributed by atoms with Crippen LogP contribution in [0.3, 0.4) is 0 Å². The van der Waals surface area contributed by atoms with E-state index in [1.165, 1.54) is 0 Å². The van der Waals surface area contributed by atoms with Crippen LogP contribution in [0.25, 0.3) is 0 Å². The van der Waals surface area contributed by atoms with Gasteiger partial charge in [0.15, 0.2) is 14.1 Å². The highest BCUT2D eigenvalue weighted by atomic mass is 32.2. The fraction of sp³-hybridized carbons (Fsp3) is 0.966. The van der Waals surface area contributed by atoms with Gasteiger partial charge in [0.1, 0.15) is 6.79 Å². The zero-order valence-electron chi connectivity index (χ0n) is 25.0. The number of hydrogen-bond donors (Lipinski definition) is 0. The van der Waals surface area contributed by atoms with Gasteiger partial charge in [-0.2, -0.15) is 0 Å². The molecule has 36 heavy (non-hydrogen) atoms. The van der Waals surface area contributed by atoms with Gasteiger partial charge in [0, 0.05) is 37.9 Å². The molecule has 3 saturated carbocycles. The lowest BCUT2D eigenvalue weighted by atomic mass is 9.45. The second-order valence-corrected chi connectivity index (χ2v) is 20.3. The molecule has 7 heteroatoms. The Hall–Kier alpha value is 0.0769. The Morgan fingerprint density at radius 1 is 1.08 bits per heavy atom. The third kappa shape index (κ3) is 5.15. The first-order valence-corrected chi connectivity index (χ1v) is 18.0. The summed E-state index contributed by atoms with van der Waals surface area (Å²) in [4.78, 5) is 14.4. The van der Waals surface area contributed by atoms with Crippen LogP contribution in [0, 0.1) is 28.6 Å². The normalized spacial score (nSPS) is 41.6. The molecule has 0 saturated heterocycles. The molecular formula is C29H54O5SSi. The predicted molar refractivity (Wildman–Crippen MR) is 152 cm³/mol. The smallest absolute Gasteiger partial charge is 0.192 e. The maximum atomic E-state index is 14.4. The molecule has 0 N–H and O–H groups in total. The van der Waals surface area contributed by atoms with Gasteiger partial charge in [0.25, 0.3) is 0 Å². The fourth-order valence-corrected chi connectivity index (χ4v) is 10.1. The first kappa shape index (κ1) is 30.6. The van der Waals surface area contributed by atoms with Crippen LogP contribution in [0.15, 0.2) is 0 Å². The summed E-state index contributed by atoms with van der Waals surface area (Å²) in [5, 5.41) is 0.182. The van der Waals surface area contributed by atoms with Crippen LogP contribution >= 0.6 is 11.8 Å². The van der Waals surface area contributed by atoms with E-state index in [0.29, 0.717) is 30.6 Å². The molecule has 3 aliphatic rings. The van der Waals surface area contributed by atoms with Crippen LogP contribution in [0.2, 0.25) is 18.1 Å². The molecule has 0 aliphatic heterocycles. The molecule has 0 aromatic heterocycles. The van der Waals surface area contributed by atoms with E-state index in [2.05, 4.69) is 61.6 Å². The molecule has 2 bridgehead atoms. The van der Waals surface area contributed by atoms with Crippen LogP contribution in [0.5, 0.6) is 0 Å². The van der Waals surface area contributed by atoms with Crippen molar-refractivity contribution in [2.45, 2.75) is 116 Å². The van der Waals surface area contributed by atoms with Crippen LogP contribution < -0.4 is 0 Å². The highest BCUT2D eigenvalue weighted by Gasteiger charge is 2.68. The highest BCUT2D eigenvalue weighted by Crippen LogP contribution is 2.68. The van der Waals surface area contributed by atoms with Gasteiger partial charge in [-0.3, -0.25) is 4.79 Å². The van der Waals surface area contributed by atoms with Gasteiger partial charge in [0.2, 0.25) is 0 Å². The maximum Gasteiger partial charge on any atom is 0.192 e. The van der Waals surface area contributed by atoms with Crippen LogP contribution in [-0.4, -0.2) is 64.4 Å². The van der Waals surface area contributed by atoms with Crippen LogP contribution in [-0.2, 0) is 23.4 Å². The fourth-order valence-electron chi connectivity index (χ4n) is 7.67. The topological polar surface area (TPSA) is 54.0 Å². The Labute approximate surface area is 226 Å². The molecular weight excluding hydrogens is 488 g/mol. The van der Waals surface area contributed by atoms with E-state index in [1.54, 1.807) is 18.9 Å². The van der Waals surface area contributed by atoms with Gasteiger partial charge in [-0.25, -0.2) is 0 Å². The number of ether oxygens (including phenoxy) is 3. The average Bonchev–Trinajstić information content (AvgIpc) is 3.20. The summed E-state index contributed by atoms with van der Waals surface area (Å²) in [6, 6.07) is 0. The number of ketones is 1. The third-order valence-electron chi connectivity index (χ3n) is 11.2. The van der Waals surface area contributed by atoms with E-state index in [0.717, 1.165) is 31.4 Å². The molecule has 0 amide bonds. The van der Waals surface area contributed by atoms with Crippen molar-refractivity contribution < 1.29 is 23.4 Å². The first-order valence-electron chi connectivity index (χ1n) is 14.1. The molecule has 0 aromatic rings. The van der Waals surface area contributed by atoms with Crippen molar-refractivity contribution in [1.29, 1.82) is 0 Å². The second-order valence-electron chi connectivity index (χ2n) is 13.9. The molecule has 0 spiro atoms. The van der Waals surface area contributed by atoms with Gasteiger partial charge in [0.05, 0.1) is 17.0 Å². The Balaban J connectivity index is 1.95. The molecule has 5 nitrogen and oxygen atoms in total. The Kier molecular flexibility index (Phi) is 9.29. The van der Waals surface area contributed by atoms with Crippen molar-refractivity contribution in [1.82, 2.24) is 0 Å². The average molecular weight is 543 g/mol. The summed E-state index contributed by atoms with van der Waals surface area (Å²) in [5.41, 5.74) is -0.101. The molecule has 3 rings (SSSR count). The monoisotopic (exact) mass is 542 g/mol. The first-order chi connectivity index (χ1) is 16.6. The van der Waals surface area contributed by atoms with Gasteiger partial charge in [-0.15, -0.1) is 11.8 Å². The molecule has 0 radical (unpaired) electrons. The van der Waals surface area contributed by atoms with Crippen molar-refractivity contribution >= 4 is 25.9 Å². The number of carbonyl (C=O) groups is 1. The predicted octanol–water partition coefficient (Wildman–Crippen LogP) is 6.95. The van der Waals surface area contributed by atoms with E-state index in [4.69, 9.17) is 18.6 Å². The number of thioether (sulfide) groups is 1. The Morgan fingerprint density at radius 2 is 1.72 bits per heavy atom. The van der Waals surface area contributed by atoms with Gasteiger partial charge in [-0.05, 0) is 74.4 Å². The van der Waals surface area contributed by atoms with Crippen molar-refractivity contribution in [2.75, 3.05) is 33.4 Å². The molecule has 0 heterocycles. The molecule has 3 unspecified atom stereocenters. The third-order valence-corrected chi connectivity index (χ3v) is 17.1. The van der Waals surface area contributed by atoms with Crippen LogP contribution in [0.1, 0.15) is 80.6 Å². The lowest BCUT2D eigenvalue weighted by Gasteiger charge is -2.62. The quantitative estimate of drug-likeness (QED) is 0.179. The van der Waals surface area contributed by atoms with E-state index in [-0.39, 0.29) is 40.8 Å². The van der Waals surface area contributed by atoms with Gasteiger partial charge < -0.3 is 18.6 Å². The zero-order valence-corrected chi connectivity index (χ0v) is 26.8. The highest BCUT2D eigenvalue weighted by molar-refractivity contribution is 8.01. The summed E-state index contributed by atoms with van der Waals surface area (Å²) in [5.74, 6) is 2.03. The molecule has 8 atom stereocenters. The van der Waals surface area contributed by atoms with E-state index < -0.39 is 13.1 Å². The summed E-state index contributed by atoms with van der Waals surface area (Å²) in [7, 11) is 1.72. The lowest BCUT2D eigenvalue weighted by Crippen LogP contribution is -2.63. The number of rotatable bonds is 9. The van der Waals surface area contributed by atoms with Crippen molar-refractivity contribution in [3.63, 3.8) is 0 Å². The van der Waals surface area contributed by atoms with Crippen LogP contribution in [0.4, 0.5) is 0 Å². The van der Waals surface area contributed by atoms with E-state index in [1.807, 2.05) is 7.11 Å². The number of hydrogen-bond acceptors (Lipinski definition) is 6. The number of Topliss-reactive ketones (excluding diaryl/α,β-unsaturated/α-hetero) is 1. The molecule has 3 fully saturated rings. The SMILES string of the molecule is COCOC1C[C@@](C)(SCCO[Si](C)(C)C(C)(C)C)C(=O)[C@H](C)C23CC[C@@H](C)[C@]1(C)C2[C@H](OC)CC3. The van der Waals surface area contributed by atoms with Gasteiger partial charge in [-0.1, -0.05) is 41.5 Å². The van der Waals surface area contributed by atoms with Crippen molar-refractivity contribution in [3.8, 4) is 0 Å². The summed E-state index contributed by atoms with van der Waals surface area (Å²) in [6.07, 6.45) is 5.15. The van der Waals surface area contributed by atoms with E-state index >= 15 is 0 Å². The number of methoxy groups -OCH3 is 2. The minimum Gasteiger partial charge on any atom is -0.416 e. The second kappa shape index (κ2) is 10.9. The maximum absolute atomic E-state index is 14.4. The lowest BCUT2D eigenvalue weighted by molar-refractivity contribution is -0.211. The minimum atomic E-state index is -1.82. The Morgan fingerprint density at radius 3 is 2.31 bits per heavy atom. The largest absolute Gasteiger partial charge is 0.416 e. The minimum absolute atomic E-state index is 0.0108. The van der Waals surface area contributed by atoms with Gasteiger partial charge >= 0.3 is 0 Å². The van der Waals surface area contributed by atoms with Crippen molar-refractivity contribution in [2.24, 2.45) is 28.6 Å². The standard InChI is InChI=1S/C29H54O5SSi/c1-20-12-14-29-15-13-22(32-9)24(29)28(20,7)23(33-19-31-8)18-27(6,25(30)21(29)2)35-17-16-34-36(10,11)26(3,4)5/h20-24H,12-19H2,1-11H3/t20-,21+,22-,23?,24?,27-,28+,29?/m1/s1.